The zero-order valence-electron chi connectivity index (χ0n) is 14.5. The van der Waals surface area contributed by atoms with E-state index in [1.54, 1.807) is 4.31 Å². The molecule has 3 aliphatic rings. The monoisotopic (exact) mass is 472 g/mol. The first kappa shape index (κ1) is 20.2. The summed E-state index contributed by atoms with van der Waals surface area (Å²) in [5.41, 5.74) is 0.318. The molecule has 0 aromatic carbocycles. The van der Waals surface area contributed by atoms with E-state index in [1.807, 2.05) is 7.05 Å². The molecule has 0 aromatic rings. The van der Waals surface area contributed by atoms with Crippen LogP contribution in [0.1, 0.15) is 19.3 Å². The lowest BCUT2D eigenvalue weighted by Crippen LogP contribution is -2.43. The summed E-state index contributed by atoms with van der Waals surface area (Å²) in [7, 11) is -1.24. The van der Waals surface area contributed by atoms with Crippen LogP contribution in [0, 0.1) is 11.3 Å². The van der Waals surface area contributed by atoms with Crippen molar-refractivity contribution in [2.75, 3.05) is 59.2 Å². The molecule has 3 rings (SSSR count). The lowest BCUT2D eigenvalue weighted by molar-refractivity contribution is 0.156. The maximum absolute atomic E-state index is 11.6. The van der Waals surface area contributed by atoms with Crippen LogP contribution in [-0.2, 0) is 14.8 Å². The van der Waals surface area contributed by atoms with Gasteiger partial charge in [-0.25, -0.2) is 12.7 Å². The average Bonchev–Trinajstić information content (AvgIpc) is 3.22. The number of nitrogens with one attached hydrogen (secondary N) is 1. The number of aliphatic imine (C=N–C) groups is 1. The van der Waals surface area contributed by atoms with Crippen LogP contribution >= 0.6 is 24.0 Å². The summed E-state index contributed by atoms with van der Waals surface area (Å²) >= 11 is 0. The first-order valence-corrected chi connectivity index (χ1v) is 10.3. The van der Waals surface area contributed by atoms with Crippen molar-refractivity contribution in [1.29, 1.82) is 0 Å². The summed E-state index contributed by atoms with van der Waals surface area (Å²) in [5, 5.41) is 3.45. The third-order valence-electron chi connectivity index (χ3n) is 5.40. The van der Waals surface area contributed by atoms with Crippen molar-refractivity contribution in [3.05, 3.63) is 0 Å². The molecule has 2 atom stereocenters. The van der Waals surface area contributed by atoms with Crippen LogP contribution in [0.2, 0.25) is 0 Å². The van der Waals surface area contributed by atoms with Gasteiger partial charge < -0.3 is 15.0 Å². The van der Waals surface area contributed by atoms with Gasteiger partial charge in [-0.05, 0) is 25.2 Å². The Kier molecular flexibility index (Phi) is 6.77. The second kappa shape index (κ2) is 8.05. The molecule has 3 saturated heterocycles. The Morgan fingerprint density at radius 2 is 2.17 bits per heavy atom. The molecule has 1 N–H and O–H groups in total. The van der Waals surface area contributed by atoms with Crippen molar-refractivity contribution in [2.24, 2.45) is 16.3 Å². The number of guanidine groups is 1. The summed E-state index contributed by atoms with van der Waals surface area (Å²) in [6.45, 7) is 5.79. The van der Waals surface area contributed by atoms with Gasteiger partial charge in [-0.2, -0.15) is 0 Å². The molecule has 3 heterocycles. The first-order chi connectivity index (χ1) is 10.9. The van der Waals surface area contributed by atoms with Gasteiger partial charge >= 0.3 is 0 Å². The fourth-order valence-corrected chi connectivity index (χ4v) is 4.84. The second-order valence-electron chi connectivity index (χ2n) is 7.18. The molecular formula is C15H29IN4O3S. The largest absolute Gasteiger partial charge is 0.381 e. The number of likely N-dealkylation sites (tertiary alicyclic amines) is 1. The molecule has 1 spiro atoms. The number of hydrogen-bond acceptors (Lipinski definition) is 4. The molecule has 24 heavy (non-hydrogen) atoms. The van der Waals surface area contributed by atoms with Crippen LogP contribution in [0.15, 0.2) is 4.99 Å². The Hall–Kier alpha value is -0.130. The fraction of sp³-hybridized carbons (Fsp3) is 0.933. The van der Waals surface area contributed by atoms with Gasteiger partial charge in [0.15, 0.2) is 5.96 Å². The van der Waals surface area contributed by atoms with E-state index in [1.165, 1.54) is 12.7 Å². The molecule has 9 heteroatoms. The highest BCUT2D eigenvalue weighted by Crippen LogP contribution is 2.38. The van der Waals surface area contributed by atoms with Crippen molar-refractivity contribution in [3.63, 3.8) is 0 Å². The summed E-state index contributed by atoms with van der Waals surface area (Å²) < 4.78 is 30.3. The van der Waals surface area contributed by atoms with Gasteiger partial charge in [-0.1, -0.05) is 0 Å². The van der Waals surface area contributed by atoms with Crippen molar-refractivity contribution in [1.82, 2.24) is 14.5 Å². The molecule has 0 saturated carbocycles. The third-order valence-corrected chi connectivity index (χ3v) is 6.67. The molecule has 2 unspecified atom stereocenters. The molecular weight excluding hydrogens is 443 g/mol. The lowest BCUT2D eigenvalue weighted by atomic mass is 9.87. The predicted molar refractivity (Wildman–Crippen MR) is 105 cm³/mol. The standard InChI is InChI=1S/C15H28N4O3S.HI/c1-16-14(18-7-4-15(11-18)5-8-22-12-15)17-9-13-3-6-19(10-13)23(2,20)21;/h13H,3-12H2,1-2H3,(H,16,17);1H. The van der Waals surface area contributed by atoms with Crippen molar-refractivity contribution < 1.29 is 13.2 Å². The van der Waals surface area contributed by atoms with E-state index < -0.39 is 10.0 Å². The van der Waals surface area contributed by atoms with E-state index in [0.29, 0.717) is 24.4 Å². The molecule has 0 radical (unpaired) electrons. The lowest BCUT2D eigenvalue weighted by Gasteiger charge is -2.25. The topological polar surface area (TPSA) is 74.2 Å². The van der Waals surface area contributed by atoms with Crippen LogP contribution in [0.5, 0.6) is 0 Å². The Labute approximate surface area is 162 Å². The maximum Gasteiger partial charge on any atom is 0.211 e. The molecule has 0 amide bonds. The molecule has 7 nitrogen and oxygen atoms in total. The second-order valence-corrected chi connectivity index (χ2v) is 9.16. The Morgan fingerprint density at radius 1 is 1.38 bits per heavy atom. The molecule has 0 aliphatic carbocycles. The normalized spacial score (nSPS) is 31.7. The van der Waals surface area contributed by atoms with Crippen molar-refractivity contribution in [3.8, 4) is 0 Å². The Morgan fingerprint density at radius 3 is 2.75 bits per heavy atom. The van der Waals surface area contributed by atoms with E-state index in [4.69, 9.17) is 4.74 Å². The van der Waals surface area contributed by atoms with E-state index in [9.17, 15) is 8.42 Å². The predicted octanol–water partition coefficient (Wildman–Crippen LogP) is 0.574. The van der Waals surface area contributed by atoms with E-state index in [2.05, 4.69) is 15.2 Å². The van der Waals surface area contributed by atoms with Gasteiger partial charge in [0, 0.05) is 51.8 Å². The average molecular weight is 472 g/mol. The fourth-order valence-electron chi connectivity index (χ4n) is 3.92. The number of halogens is 1. The van der Waals surface area contributed by atoms with E-state index in [0.717, 1.165) is 51.6 Å². The number of ether oxygens (including phenoxy) is 1. The number of nitrogens with zero attached hydrogens (tertiary/aromatic N) is 3. The SMILES string of the molecule is CN=C(NCC1CCN(S(C)(=O)=O)C1)N1CCC2(CCOC2)C1.I. The summed E-state index contributed by atoms with van der Waals surface area (Å²) in [5.74, 6) is 1.29. The van der Waals surface area contributed by atoms with Gasteiger partial charge in [0.25, 0.3) is 0 Å². The van der Waals surface area contributed by atoms with Crippen molar-refractivity contribution in [2.45, 2.75) is 19.3 Å². The molecule has 3 fully saturated rings. The minimum absolute atomic E-state index is 0. The molecule has 140 valence electrons. The molecule has 3 aliphatic heterocycles. The molecule has 0 aromatic heterocycles. The summed E-state index contributed by atoms with van der Waals surface area (Å²) in [6, 6.07) is 0. The van der Waals surface area contributed by atoms with Crippen LogP contribution in [0.4, 0.5) is 0 Å². The smallest absolute Gasteiger partial charge is 0.211 e. The minimum Gasteiger partial charge on any atom is -0.381 e. The highest BCUT2D eigenvalue weighted by Gasteiger charge is 2.42. The van der Waals surface area contributed by atoms with E-state index >= 15 is 0 Å². The van der Waals surface area contributed by atoms with Gasteiger partial charge in [0.2, 0.25) is 10.0 Å². The number of rotatable bonds is 3. The highest BCUT2D eigenvalue weighted by atomic mass is 127. The zero-order valence-corrected chi connectivity index (χ0v) is 17.7. The van der Waals surface area contributed by atoms with Gasteiger partial charge in [0.1, 0.15) is 0 Å². The van der Waals surface area contributed by atoms with Crippen LogP contribution in [-0.4, -0.2) is 82.8 Å². The van der Waals surface area contributed by atoms with Crippen LogP contribution in [0.3, 0.4) is 0 Å². The Balaban J connectivity index is 0.00000208. The number of hydrogen-bond donors (Lipinski definition) is 1. The Bertz CT molecular complexity index is 563. The highest BCUT2D eigenvalue weighted by molar-refractivity contribution is 14.0. The maximum atomic E-state index is 11.6. The quantitative estimate of drug-likeness (QED) is 0.370. The summed E-state index contributed by atoms with van der Waals surface area (Å²) in [4.78, 5) is 6.73. The van der Waals surface area contributed by atoms with E-state index in [-0.39, 0.29) is 24.0 Å². The van der Waals surface area contributed by atoms with Gasteiger partial charge in [-0.3, -0.25) is 4.99 Å². The summed E-state index contributed by atoms with van der Waals surface area (Å²) in [6.07, 6.45) is 4.51. The van der Waals surface area contributed by atoms with Gasteiger partial charge in [0.05, 0.1) is 12.9 Å². The van der Waals surface area contributed by atoms with Gasteiger partial charge in [-0.15, -0.1) is 24.0 Å². The van der Waals surface area contributed by atoms with Crippen molar-refractivity contribution >= 4 is 40.0 Å². The first-order valence-electron chi connectivity index (χ1n) is 8.40. The molecule has 0 bridgehead atoms. The minimum atomic E-state index is -3.06. The third kappa shape index (κ3) is 4.53. The van der Waals surface area contributed by atoms with Crippen LogP contribution in [0.25, 0.3) is 0 Å². The zero-order chi connectivity index (χ0) is 16.5. The number of sulfonamides is 1. The van der Waals surface area contributed by atoms with Crippen LogP contribution < -0.4 is 5.32 Å².